The van der Waals surface area contributed by atoms with E-state index in [2.05, 4.69) is 36.2 Å². The highest BCUT2D eigenvalue weighted by Gasteiger charge is 2.16. The lowest BCUT2D eigenvalue weighted by Crippen LogP contribution is -2.30. The van der Waals surface area contributed by atoms with Crippen molar-refractivity contribution in [2.45, 2.75) is 58.5 Å². The lowest BCUT2D eigenvalue weighted by molar-refractivity contribution is 0.282. The minimum atomic E-state index is 0.717. The number of nitrogens with one attached hydrogen (secondary N) is 1. The third-order valence-corrected chi connectivity index (χ3v) is 5.22. The Kier molecular flexibility index (Phi) is 6.35. The molecular weight excluding hydrogens is 252 g/mol. The Morgan fingerprint density at radius 2 is 2.05 bits per heavy atom. The van der Waals surface area contributed by atoms with Crippen LogP contribution in [0.1, 0.15) is 49.3 Å². The van der Waals surface area contributed by atoms with Gasteiger partial charge < -0.3 is 10.2 Å². The third kappa shape index (κ3) is 4.90. The van der Waals surface area contributed by atoms with E-state index in [1.807, 2.05) is 11.3 Å². The predicted octanol–water partition coefficient (Wildman–Crippen LogP) is 3.66. The molecule has 2 heterocycles. The Balaban J connectivity index is 1.73. The van der Waals surface area contributed by atoms with Crippen molar-refractivity contribution in [2.24, 2.45) is 0 Å². The van der Waals surface area contributed by atoms with Crippen molar-refractivity contribution in [2.75, 3.05) is 19.6 Å². The van der Waals surface area contributed by atoms with Gasteiger partial charge in [0.05, 0.1) is 0 Å². The summed E-state index contributed by atoms with van der Waals surface area (Å²) in [5.41, 5.74) is 0. The van der Waals surface area contributed by atoms with Crippen molar-refractivity contribution in [3.8, 4) is 0 Å². The van der Waals surface area contributed by atoms with Gasteiger partial charge in [0.2, 0.25) is 0 Å². The van der Waals surface area contributed by atoms with Crippen molar-refractivity contribution in [1.29, 1.82) is 0 Å². The molecule has 2 rings (SSSR count). The van der Waals surface area contributed by atoms with Gasteiger partial charge in [-0.25, -0.2) is 0 Å². The quantitative estimate of drug-likeness (QED) is 0.855. The Morgan fingerprint density at radius 1 is 1.21 bits per heavy atom. The highest BCUT2D eigenvalue weighted by Crippen LogP contribution is 2.18. The van der Waals surface area contributed by atoms with Gasteiger partial charge in [0.1, 0.15) is 0 Å². The zero-order valence-electron chi connectivity index (χ0n) is 12.5. The van der Waals surface area contributed by atoms with E-state index in [0.717, 1.165) is 6.54 Å². The Hall–Kier alpha value is -0.380. The molecule has 0 spiro atoms. The summed E-state index contributed by atoms with van der Waals surface area (Å²) in [7, 11) is 0. The van der Waals surface area contributed by atoms with Crippen molar-refractivity contribution >= 4 is 11.3 Å². The second kappa shape index (κ2) is 8.03. The SMILES string of the molecule is CCCN1CCCC(NCc2ccc(CC)s2)CC1. The van der Waals surface area contributed by atoms with Gasteiger partial charge in [-0.1, -0.05) is 13.8 Å². The minimum absolute atomic E-state index is 0.717. The van der Waals surface area contributed by atoms with Crippen LogP contribution in [0, 0.1) is 0 Å². The topological polar surface area (TPSA) is 15.3 Å². The molecule has 1 saturated heterocycles. The largest absolute Gasteiger partial charge is 0.309 e. The Bertz CT molecular complexity index is 361. The van der Waals surface area contributed by atoms with Crippen molar-refractivity contribution in [3.05, 3.63) is 21.9 Å². The molecule has 0 aliphatic carbocycles. The number of thiophene rings is 1. The molecule has 2 nitrogen and oxygen atoms in total. The Labute approximate surface area is 122 Å². The summed E-state index contributed by atoms with van der Waals surface area (Å²) in [5.74, 6) is 0. The van der Waals surface area contributed by atoms with E-state index in [1.54, 1.807) is 0 Å². The molecule has 1 atom stereocenters. The first-order valence-corrected chi connectivity index (χ1v) is 8.66. The molecular formula is C16H28N2S. The molecule has 1 aliphatic rings. The molecule has 0 amide bonds. The standard InChI is InChI=1S/C16H28N2S/c1-3-10-18-11-5-6-14(9-12-18)17-13-16-8-7-15(4-2)19-16/h7-8,14,17H,3-6,9-13H2,1-2H3. The molecule has 19 heavy (non-hydrogen) atoms. The number of likely N-dealkylation sites (tertiary alicyclic amines) is 1. The normalized spacial score (nSPS) is 21.5. The summed E-state index contributed by atoms with van der Waals surface area (Å²) < 4.78 is 0. The maximum atomic E-state index is 3.76. The van der Waals surface area contributed by atoms with E-state index in [9.17, 15) is 0 Å². The van der Waals surface area contributed by atoms with E-state index in [-0.39, 0.29) is 0 Å². The van der Waals surface area contributed by atoms with Gasteiger partial charge >= 0.3 is 0 Å². The lowest BCUT2D eigenvalue weighted by Gasteiger charge is -2.19. The number of hydrogen-bond acceptors (Lipinski definition) is 3. The fourth-order valence-electron chi connectivity index (χ4n) is 2.85. The Morgan fingerprint density at radius 3 is 2.79 bits per heavy atom. The smallest absolute Gasteiger partial charge is 0.0302 e. The lowest BCUT2D eigenvalue weighted by atomic mass is 10.1. The van der Waals surface area contributed by atoms with Crippen LogP contribution in [0.4, 0.5) is 0 Å². The summed E-state index contributed by atoms with van der Waals surface area (Å²) in [5, 5.41) is 3.76. The van der Waals surface area contributed by atoms with E-state index in [0.29, 0.717) is 6.04 Å². The molecule has 3 heteroatoms. The summed E-state index contributed by atoms with van der Waals surface area (Å²) >= 11 is 1.96. The van der Waals surface area contributed by atoms with Gasteiger partial charge in [0.25, 0.3) is 0 Å². The molecule has 108 valence electrons. The monoisotopic (exact) mass is 280 g/mol. The van der Waals surface area contributed by atoms with Crippen LogP contribution in [0.3, 0.4) is 0 Å². The summed E-state index contributed by atoms with van der Waals surface area (Å²) in [4.78, 5) is 5.63. The first-order valence-electron chi connectivity index (χ1n) is 7.85. The maximum absolute atomic E-state index is 3.76. The fraction of sp³-hybridized carbons (Fsp3) is 0.750. The number of rotatable bonds is 6. The van der Waals surface area contributed by atoms with Crippen molar-refractivity contribution in [3.63, 3.8) is 0 Å². The average molecular weight is 280 g/mol. The molecule has 1 N–H and O–H groups in total. The van der Waals surface area contributed by atoms with E-state index < -0.39 is 0 Å². The van der Waals surface area contributed by atoms with Gasteiger partial charge in [-0.3, -0.25) is 0 Å². The van der Waals surface area contributed by atoms with Gasteiger partial charge in [0, 0.05) is 22.3 Å². The highest BCUT2D eigenvalue weighted by atomic mass is 32.1. The second-order valence-corrected chi connectivity index (χ2v) is 6.82. The molecule has 0 radical (unpaired) electrons. The van der Waals surface area contributed by atoms with Crippen LogP contribution in [-0.4, -0.2) is 30.6 Å². The second-order valence-electron chi connectivity index (χ2n) is 5.57. The van der Waals surface area contributed by atoms with E-state index in [4.69, 9.17) is 0 Å². The molecule has 0 aromatic carbocycles. The van der Waals surface area contributed by atoms with Crippen LogP contribution in [0.15, 0.2) is 12.1 Å². The van der Waals surface area contributed by atoms with Crippen molar-refractivity contribution in [1.82, 2.24) is 10.2 Å². The molecule has 1 aliphatic heterocycles. The minimum Gasteiger partial charge on any atom is -0.309 e. The molecule has 0 bridgehead atoms. The van der Waals surface area contributed by atoms with Crippen LogP contribution in [0.25, 0.3) is 0 Å². The van der Waals surface area contributed by atoms with Crippen LogP contribution < -0.4 is 5.32 Å². The third-order valence-electron chi connectivity index (χ3n) is 3.99. The molecule has 1 aromatic heterocycles. The van der Waals surface area contributed by atoms with Crippen LogP contribution >= 0.6 is 11.3 Å². The number of nitrogens with zero attached hydrogens (tertiary/aromatic N) is 1. The van der Waals surface area contributed by atoms with Crippen molar-refractivity contribution < 1.29 is 0 Å². The molecule has 1 fully saturated rings. The molecule has 1 unspecified atom stereocenters. The molecule has 0 saturated carbocycles. The first kappa shape index (κ1) is 15.0. The summed E-state index contributed by atoms with van der Waals surface area (Å²) in [6, 6.07) is 5.28. The predicted molar refractivity (Wildman–Crippen MR) is 84.9 cm³/mol. The first-order chi connectivity index (χ1) is 9.31. The highest BCUT2D eigenvalue weighted by molar-refractivity contribution is 7.11. The van der Waals surface area contributed by atoms with E-state index in [1.165, 1.54) is 61.5 Å². The number of hydrogen-bond donors (Lipinski definition) is 1. The average Bonchev–Trinajstić information content (AvgIpc) is 2.77. The van der Waals surface area contributed by atoms with Gasteiger partial charge in [-0.15, -0.1) is 11.3 Å². The van der Waals surface area contributed by atoms with Gasteiger partial charge in [-0.2, -0.15) is 0 Å². The van der Waals surface area contributed by atoms with Crippen LogP contribution in [-0.2, 0) is 13.0 Å². The number of aryl methyl sites for hydroxylation is 1. The maximum Gasteiger partial charge on any atom is 0.0302 e. The van der Waals surface area contributed by atoms with Crippen LogP contribution in [0.2, 0.25) is 0 Å². The summed E-state index contributed by atoms with van der Waals surface area (Å²) in [6.45, 7) is 9.42. The zero-order valence-corrected chi connectivity index (χ0v) is 13.3. The van der Waals surface area contributed by atoms with E-state index >= 15 is 0 Å². The van der Waals surface area contributed by atoms with Crippen LogP contribution in [0.5, 0.6) is 0 Å². The molecule has 1 aromatic rings. The zero-order chi connectivity index (χ0) is 13.5. The summed E-state index contributed by atoms with van der Waals surface area (Å²) in [6.07, 6.45) is 6.45. The van der Waals surface area contributed by atoms with Gasteiger partial charge in [0.15, 0.2) is 0 Å². The fourth-order valence-corrected chi connectivity index (χ4v) is 3.76. The van der Waals surface area contributed by atoms with Gasteiger partial charge in [-0.05, 0) is 63.9 Å².